The third-order valence-electron chi connectivity index (χ3n) is 5.89. The molecule has 2 aromatic carbocycles. The van der Waals surface area contributed by atoms with Crippen LogP contribution in [0.3, 0.4) is 0 Å². The molecule has 1 aliphatic rings. The fraction of sp³-hybridized carbons (Fsp3) is 0.357. The maximum Gasteiger partial charge on any atom is -0.0149 e. The number of rotatable bonds is 7. The molecule has 0 radical (unpaired) electrons. The maximum absolute atomic E-state index is 2.43. The van der Waals surface area contributed by atoms with E-state index in [9.17, 15) is 0 Å². The van der Waals surface area contributed by atoms with Crippen LogP contribution in [-0.4, -0.2) is 0 Å². The Morgan fingerprint density at radius 1 is 0.893 bits per heavy atom. The molecule has 0 nitrogen and oxygen atoms in total. The van der Waals surface area contributed by atoms with E-state index in [0.717, 1.165) is 12.8 Å². The van der Waals surface area contributed by atoms with E-state index in [2.05, 4.69) is 88.4 Å². The molecule has 0 unspecified atom stereocenters. The number of hydrogen-bond donors (Lipinski definition) is 0. The van der Waals surface area contributed by atoms with Gasteiger partial charge in [-0.1, -0.05) is 85.2 Å². The Morgan fingerprint density at radius 3 is 2.43 bits per heavy atom. The molecule has 0 fully saturated rings. The van der Waals surface area contributed by atoms with Crippen LogP contribution in [0.25, 0.3) is 5.57 Å². The summed E-state index contributed by atoms with van der Waals surface area (Å²) in [4.78, 5) is 0. The molecule has 1 aliphatic carbocycles. The molecule has 0 saturated carbocycles. The summed E-state index contributed by atoms with van der Waals surface area (Å²) in [5.74, 6) is 0. The van der Waals surface area contributed by atoms with Crippen LogP contribution >= 0.6 is 0 Å². The van der Waals surface area contributed by atoms with Gasteiger partial charge in [-0.25, -0.2) is 0 Å². The van der Waals surface area contributed by atoms with Crippen LogP contribution in [-0.2, 0) is 12.8 Å². The Labute approximate surface area is 171 Å². The summed E-state index contributed by atoms with van der Waals surface area (Å²) in [6, 6.07) is 15.9. The summed E-state index contributed by atoms with van der Waals surface area (Å²) in [5.41, 5.74) is 11.5. The second-order valence-corrected chi connectivity index (χ2v) is 8.10. The Morgan fingerprint density at radius 2 is 1.71 bits per heavy atom. The molecule has 146 valence electrons. The number of benzene rings is 2. The summed E-state index contributed by atoms with van der Waals surface area (Å²) < 4.78 is 0. The second kappa shape index (κ2) is 9.73. The third kappa shape index (κ3) is 4.93. The fourth-order valence-corrected chi connectivity index (χ4v) is 4.14. The molecular formula is C28H34. The van der Waals surface area contributed by atoms with E-state index in [1.54, 1.807) is 5.57 Å². The normalized spacial score (nSPS) is 14.6. The van der Waals surface area contributed by atoms with Crippen LogP contribution in [0.4, 0.5) is 0 Å². The first-order valence-electron chi connectivity index (χ1n) is 10.8. The SMILES string of the molecule is CC=C(c1cc(CCC2=CC=C(C)CC2)ccc1C)c1ccccc1CCC. The molecule has 28 heavy (non-hydrogen) atoms. The lowest BCUT2D eigenvalue weighted by Crippen LogP contribution is -1.99. The molecule has 0 saturated heterocycles. The predicted molar refractivity (Wildman–Crippen MR) is 124 cm³/mol. The van der Waals surface area contributed by atoms with Gasteiger partial charge < -0.3 is 0 Å². The predicted octanol–water partition coefficient (Wildman–Crippen LogP) is 8.00. The zero-order chi connectivity index (χ0) is 19.9. The van der Waals surface area contributed by atoms with Gasteiger partial charge in [-0.05, 0) is 86.3 Å². The highest BCUT2D eigenvalue weighted by molar-refractivity contribution is 5.83. The van der Waals surface area contributed by atoms with Crippen molar-refractivity contribution in [3.05, 3.63) is 99.7 Å². The van der Waals surface area contributed by atoms with E-state index in [1.807, 2.05) is 0 Å². The van der Waals surface area contributed by atoms with Crippen LogP contribution in [0.5, 0.6) is 0 Å². The first-order chi connectivity index (χ1) is 13.6. The highest BCUT2D eigenvalue weighted by Crippen LogP contribution is 2.31. The molecule has 0 spiro atoms. The molecule has 0 bridgehead atoms. The average Bonchev–Trinajstić information content (AvgIpc) is 2.71. The molecule has 0 aromatic heterocycles. The van der Waals surface area contributed by atoms with Gasteiger partial charge in [0.2, 0.25) is 0 Å². The van der Waals surface area contributed by atoms with Crippen LogP contribution in [0.15, 0.2) is 71.8 Å². The lowest BCUT2D eigenvalue weighted by atomic mass is 9.88. The molecule has 3 rings (SSSR count). The monoisotopic (exact) mass is 370 g/mol. The van der Waals surface area contributed by atoms with Gasteiger partial charge >= 0.3 is 0 Å². The maximum atomic E-state index is 2.43. The van der Waals surface area contributed by atoms with E-state index in [-0.39, 0.29) is 0 Å². The zero-order valence-electron chi connectivity index (χ0n) is 18.0. The highest BCUT2D eigenvalue weighted by Gasteiger charge is 2.12. The van der Waals surface area contributed by atoms with Crippen molar-refractivity contribution in [1.82, 2.24) is 0 Å². The Bertz CT molecular complexity index is 905. The Kier molecular flexibility index (Phi) is 7.09. The lowest BCUT2D eigenvalue weighted by molar-refractivity contribution is 0.816. The molecule has 2 aromatic rings. The third-order valence-corrected chi connectivity index (χ3v) is 5.89. The Balaban J connectivity index is 1.86. The minimum absolute atomic E-state index is 1.12. The van der Waals surface area contributed by atoms with Crippen molar-refractivity contribution < 1.29 is 0 Å². The van der Waals surface area contributed by atoms with Gasteiger partial charge in [-0.15, -0.1) is 0 Å². The van der Waals surface area contributed by atoms with Gasteiger partial charge in [0, 0.05) is 0 Å². The van der Waals surface area contributed by atoms with E-state index >= 15 is 0 Å². The van der Waals surface area contributed by atoms with Crippen LogP contribution < -0.4 is 0 Å². The largest absolute Gasteiger partial charge is 0.0792 e. The second-order valence-electron chi connectivity index (χ2n) is 8.10. The fourth-order valence-electron chi connectivity index (χ4n) is 4.14. The summed E-state index contributed by atoms with van der Waals surface area (Å²) >= 11 is 0. The lowest BCUT2D eigenvalue weighted by Gasteiger charge is -2.17. The number of hydrogen-bond acceptors (Lipinski definition) is 0. The van der Waals surface area contributed by atoms with E-state index in [0.29, 0.717) is 0 Å². The number of aryl methyl sites for hydroxylation is 3. The van der Waals surface area contributed by atoms with Crippen molar-refractivity contribution in [1.29, 1.82) is 0 Å². The van der Waals surface area contributed by atoms with Gasteiger partial charge in [-0.3, -0.25) is 0 Å². The van der Waals surface area contributed by atoms with Gasteiger partial charge in [0.25, 0.3) is 0 Å². The van der Waals surface area contributed by atoms with Crippen molar-refractivity contribution in [2.45, 2.75) is 66.2 Å². The minimum atomic E-state index is 1.12. The van der Waals surface area contributed by atoms with Gasteiger partial charge in [-0.2, -0.15) is 0 Å². The molecule has 0 aliphatic heterocycles. The molecule has 0 heterocycles. The average molecular weight is 371 g/mol. The van der Waals surface area contributed by atoms with Crippen LogP contribution in [0.1, 0.15) is 74.3 Å². The molecular weight excluding hydrogens is 336 g/mol. The molecule has 0 atom stereocenters. The van der Waals surface area contributed by atoms with Gasteiger partial charge in [0.1, 0.15) is 0 Å². The van der Waals surface area contributed by atoms with Crippen molar-refractivity contribution in [2.24, 2.45) is 0 Å². The topological polar surface area (TPSA) is 0 Å². The van der Waals surface area contributed by atoms with Crippen molar-refractivity contribution >= 4 is 5.57 Å². The Hall–Kier alpha value is -2.34. The zero-order valence-corrected chi connectivity index (χ0v) is 18.0. The van der Waals surface area contributed by atoms with Gasteiger partial charge in [0.05, 0.1) is 0 Å². The summed E-state index contributed by atoms with van der Waals surface area (Å²) in [6.45, 7) is 8.90. The molecule has 0 heteroatoms. The smallest absolute Gasteiger partial charge is 0.0149 e. The van der Waals surface area contributed by atoms with Crippen LogP contribution in [0.2, 0.25) is 0 Å². The van der Waals surface area contributed by atoms with Gasteiger partial charge in [0.15, 0.2) is 0 Å². The van der Waals surface area contributed by atoms with Crippen molar-refractivity contribution in [3.8, 4) is 0 Å². The molecule has 0 amide bonds. The first-order valence-corrected chi connectivity index (χ1v) is 10.8. The summed E-state index contributed by atoms with van der Waals surface area (Å²) in [6.07, 6.45) is 14.0. The summed E-state index contributed by atoms with van der Waals surface area (Å²) in [5, 5.41) is 0. The van der Waals surface area contributed by atoms with Crippen LogP contribution in [0, 0.1) is 6.92 Å². The summed E-state index contributed by atoms with van der Waals surface area (Å²) in [7, 11) is 0. The van der Waals surface area contributed by atoms with Crippen molar-refractivity contribution in [2.75, 3.05) is 0 Å². The van der Waals surface area contributed by atoms with E-state index in [4.69, 9.17) is 0 Å². The quantitative estimate of drug-likeness (QED) is 0.463. The van der Waals surface area contributed by atoms with Crippen molar-refractivity contribution in [3.63, 3.8) is 0 Å². The number of allylic oxidation sites excluding steroid dienone is 5. The van der Waals surface area contributed by atoms with E-state index < -0.39 is 0 Å². The standard InChI is InChI=1S/C28H34/c1-5-9-25-10-7-8-11-27(25)26(6-2)28-20-24(17-14-22(28)4)19-18-23-15-12-21(3)13-16-23/h6-8,10-12,14-15,17,20H,5,9,13,16,18-19H2,1-4H3. The molecule has 0 N–H and O–H groups in total. The van der Waals surface area contributed by atoms with E-state index in [1.165, 1.54) is 64.6 Å². The minimum Gasteiger partial charge on any atom is -0.0792 e. The first kappa shape index (κ1) is 20.4. The highest BCUT2D eigenvalue weighted by atomic mass is 14.2.